The lowest BCUT2D eigenvalue weighted by Gasteiger charge is -2.53. The maximum Gasteiger partial charge on any atom is 0.232 e. The van der Waals surface area contributed by atoms with Crippen LogP contribution in [0, 0.1) is 0 Å². The summed E-state index contributed by atoms with van der Waals surface area (Å²) in [6, 6.07) is 10.5. The molecule has 4 atom stereocenters. The molecule has 1 aromatic rings. The highest BCUT2D eigenvalue weighted by Gasteiger charge is 2.73. The van der Waals surface area contributed by atoms with Crippen LogP contribution in [0.3, 0.4) is 0 Å². The summed E-state index contributed by atoms with van der Waals surface area (Å²) in [6.07, 6.45) is 1.37. The van der Waals surface area contributed by atoms with Crippen molar-refractivity contribution in [3.05, 3.63) is 35.9 Å². The topological polar surface area (TPSA) is 66.4 Å². The van der Waals surface area contributed by atoms with Crippen LogP contribution in [0.2, 0.25) is 0 Å². The van der Waals surface area contributed by atoms with E-state index >= 15 is 0 Å². The van der Waals surface area contributed by atoms with Gasteiger partial charge in [0, 0.05) is 18.4 Å². The van der Waals surface area contributed by atoms with Crippen LogP contribution in [0.5, 0.6) is 0 Å². The number of benzene rings is 1. The quantitative estimate of drug-likeness (QED) is 0.735. The average molecular weight is 435 g/mol. The molecule has 0 amide bonds. The summed E-state index contributed by atoms with van der Waals surface area (Å²) < 4.78 is 31.8. The molecule has 1 spiro atoms. The van der Waals surface area contributed by atoms with E-state index in [1.807, 2.05) is 33.8 Å². The van der Waals surface area contributed by atoms with E-state index < -0.39 is 29.1 Å². The van der Waals surface area contributed by atoms with Gasteiger partial charge in [0.2, 0.25) is 5.79 Å². The Morgan fingerprint density at radius 2 is 1.68 bits per heavy atom. The van der Waals surface area contributed by atoms with Crippen LogP contribution in [-0.4, -0.2) is 77.6 Å². The van der Waals surface area contributed by atoms with E-state index in [1.54, 1.807) is 0 Å². The second kappa shape index (κ2) is 7.22. The van der Waals surface area contributed by atoms with Gasteiger partial charge in [-0.1, -0.05) is 30.3 Å². The minimum atomic E-state index is -1.42. The zero-order valence-corrected chi connectivity index (χ0v) is 19.1. The highest BCUT2D eigenvalue weighted by molar-refractivity contribution is 5.15. The molecule has 7 heteroatoms. The summed E-state index contributed by atoms with van der Waals surface area (Å²) in [4.78, 5) is 0. The minimum absolute atomic E-state index is 0.162. The molecule has 0 bridgehead atoms. The first-order valence-corrected chi connectivity index (χ1v) is 11.5. The van der Waals surface area contributed by atoms with Gasteiger partial charge in [-0.05, 0) is 27.7 Å². The summed E-state index contributed by atoms with van der Waals surface area (Å²) >= 11 is 0. The van der Waals surface area contributed by atoms with Crippen molar-refractivity contribution in [3.63, 3.8) is 0 Å². The van der Waals surface area contributed by atoms with Crippen LogP contribution >= 0.6 is 0 Å². The molecule has 1 aromatic carbocycles. The first-order valence-electron chi connectivity index (χ1n) is 11.5. The van der Waals surface area contributed by atoms with E-state index in [1.165, 1.54) is 5.56 Å². The Balaban J connectivity index is 1.53. The van der Waals surface area contributed by atoms with E-state index in [0.29, 0.717) is 13.2 Å². The first-order chi connectivity index (χ1) is 14.6. The van der Waals surface area contributed by atoms with Gasteiger partial charge < -0.3 is 33.3 Å². The molecule has 7 nitrogen and oxygen atoms in total. The molecular weight excluding hydrogens is 398 g/mol. The number of likely N-dealkylation sites (tertiary alicyclic amines) is 1. The molecule has 4 heterocycles. The Hall–Kier alpha value is -1.06. The highest BCUT2D eigenvalue weighted by atomic mass is 16.9. The van der Waals surface area contributed by atoms with Crippen molar-refractivity contribution in [1.29, 1.82) is 0 Å². The van der Waals surface area contributed by atoms with E-state index in [9.17, 15) is 5.11 Å². The van der Waals surface area contributed by atoms with Crippen molar-refractivity contribution in [2.24, 2.45) is 0 Å². The smallest absolute Gasteiger partial charge is 0.232 e. The van der Waals surface area contributed by atoms with Crippen LogP contribution in [-0.2, 0) is 30.2 Å². The summed E-state index contributed by atoms with van der Waals surface area (Å²) in [5, 5.41) is 12.5. The predicted molar refractivity (Wildman–Crippen MR) is 113 cm³/mol. The molecule has 5 rings (SSSR count). The molecule has 31 heavy (non-hydrogen) atoms. The van der Waals surface area contributed by atoms with Gasteiger partial charge in [-0.25, -0.2) is 0 Å². The average Bonchev–Trinajstić information content (AvgIpc) is 3.36. The Kier molecular flexibility index (Phi) is 5.07. The summed E-state index contributed by atoms with van der Waals surface area (Å²) in [5.41, 5.74) is -0.153. The van der Waals surface area contributed by atoms with E-state index in [0.717, 1.165) is 37.0 Å². The van der Waals surface area contributed by atoms with Gasteiger partial charge in [-0.15, -0.1) is 0 Å². The number of aliphatic hydroxyl groups is 1. The fourth-order valence-electron chi connectivity index (χ4n) is 6.00. The van der Waals surface area contributed by atoms with E-state index in [-0.39, 0.29) is 12.7 Å². The predicted octanol–water partition coefficient (Wildman–Crippen LogP) is 2.56. The molecule has 0 radical (unpaired) electrons. The molecule has 0 saturated carbocycles. The third-order valence-corrected chi connectivity index (χ3v) is 7.27. The largest absolute Gasteiger partial charge is 0.377 e. The molecule has 4 aliphatic heterocycles. The number of rotatable bonds is 4. The maximum atomic E-state index is 12.5. The summed E-state index contributed by atoms with van der Waals surface area (Å²) in [7, 11) is 0. The van der Waals surface area contributed by atoms with Gasteiger partial charge in [0.1, 0.15) is 31.9 Å². The molecule has 0 aromatic heterocycles. The van der Waals surface area contributed by atoms with Crippen LogP contribution < -0.4 is 0 Å². The Morgan fingerprint density at radius 3 is 2.32 bits per heavy atom. The van der Waals surface area contributed by atoms with Crippen molar-refractivity contribution >= 4 is 0 Å². The van der Waals surface area contributed by atoms with Gasteiger partial charge in [-0.3, -0.25) is 0 Å². The number of ether oxygens (including phenoxy) is 5. The van der Waals surface area contributed by atoms with Crippen molar-refractivity contribution in [2.75, 3.05) is 32.8 Å². The lowest BCUT2D eigenvalue weighted by molar-refractivity contribution is -0.937. The molecule has 172 valence electrons. The van der Waals surface area contributed by atoms with Gasteiger partial charge in [0.05, 0.1) is 19.7 Å². The third kappa shape index (κ3) is 3.74. The first kappa shape index (κ1) is 21.8. The van der Waals surface area contributed by atoms with Gasteiger partial charge >= 0.3 is 0 Å². The monoisotopic (exact) mass is 434 g/mol. The lowest BCUT2D eigenvalue weighted by Crippen LogP contribution is -2.76. The van der Waals surface area contributed by atoms with Crippen molar-refractivity contribution in [3.8, 4) is 0 Å². The molecule has 0 aliphatic carbocycles. The number of nitrogens with zero attached hydrogens (tertiary/aromatic N) is 1. The second-order valence-corrected chi connectivity index (χ2v) is 10.7. The SMILES string of the molecule is CC1(C)O[C@@H]2[C@@H](CO[C@]3(COC(C)(C)O3)[C@@]2(O)C[N+]2(Cc3ccccc3)CCCC2)O1. The number of fused-ring (bicyclic) bond motifs is 1. The van der Waals surface area contributed by atoms with Crippen LogP contribution in [0.1, 0.15) is 46.1 Å². The lowest BCUT2D eigenvalue weighted by atomic mass is 9.80. The normalized spacial score (nSPS) is 40.3. The molecule has 4 fully saturated rings. The van der Waals surface area contributed by atoms with Crippen molar-refractivity contribution in [2.45, 2.75) is 82.3 Å². The summed E-state index contributed by atoms with van der Waals surface area (Å²) in [6.45, 7) is 11.3. The van der Waals surface area contributed by atoms with Crippen molar-refractivity contribution < 1.29 is 33.3 Å². The minimum Gasteiger partial charge on any atom is -0.377 e. The Bertz CT molecular complexity index is 806. The Morgan fingerprint density at radius 1 is 0.968 bits per heavy atom. The maximum absolute atomic E-state index is 12.5. The molecule has 4 aliphatic rings. The summed E-state index contributed by atoms with van der Waals surface area (Å²) in [5.74, 6) is -2.92. The van der Waals surface area contributed by atoms with Gasteiger partial charge in [0.25, 0.3) is 0 Å². The van der Waals surface area contributed by atoms with E-state index in [2.05, 4.69) is 24.3 Å². The van der Waals surface area contributed by atoms with Gasteiger partial charge in [-0.2, -0.15) is 0 Å². The molecule has 4 saturated heterocycles. The number of hydrogen-bond acceptors (Lipinski definition) is 6. The van der Waals surface area contributed by atoms with Crippen LogP contribution in [0.4, 0.5) is 0 Å². The molecule has 1 N–H and O–H groups in total. The standard InChI is InChI=1S/C24H36NO6/c1-21(2)28-17-24(31-21)23(26,20-19(15-27-24)29-22(3,4)30-20)16-25(12-8-9-13-25)14-18-10-6-5-7-11-18/h5-7,10-11,19-20,26H,8-9,12-17H2,1-4H3/q+1/t19-,20-,23-,24+/m1/s1. The molecule has 0 unspecified atom stereocenters. The highest BCUT2D eigenvalue weighted by Crippen LogP contribution is 2.51. The third-order valence-electron chi connectivity index (χ3n) is 7.27. The van der Waals surface area contributed by atoms with Gasteiger partial charge in [0.15, 0.2) is 17.2 Å². The zero-order chi connectivity index (χ0) is 22.0. The van der Waals surface area contributed by atoms with E-state index in [4.69, 9.17) is 23.7 Å². The fourth-order valence-corrected chi connectivity index (χ4v) is 6.00. The zero-order valence-electron chi connectivity index (χ0n) is 19.1. The van der Waals surface area contributed by atoms with Crippen LogP contribution in [0.25, 0.3) is 0 Å². The number of quaternary nitrogens is 1. The van der Waals surface area contributed by atoms with Crippen molar-refractivity contribution in [1.82, 2.24) is 0 Å². The second-order valence-electron chi connectivity index (χ2n) is 10.7. The Labute approximate surface area is 184 Å². The molecular formula is C24H36NO6+. The number of hydrogen-bond donors (Lipinski definition) is 1. The van der Waals surface area contributed by atoms with Crippen LogP contribution in [0.15, 0.2) is 30.3 Å². The fraction of sp³-hybridized carbons (Fsp3) is 0.750.